The van der Waals surface area contributed by atoms with Crippen molar-refractivity contribution in [1.29, 1.82) is 0 Å². The lowest BCUT2D eigenvalue weighted by molar-refractivity contribution is 0.277. The monoisotopic (exact) mass is 188 g/mol. The number of allylic oxidation sites excluding steroid dienone is 5. The fourth-order valence-corrected chi connectivity index (χ4v) is 2.97. The molecular weight excluding hydrogens is 172 g/mol. The first-order chi connectivity index (χ1) is 6.80. The van der Waals surface area contributed by atoms with Crippen molar-refractivity contribution in [3.63, 3.8) is 0 Å². The van der Waals surface area contributed by atoms with E-state index in [-0.39, 0.29) is 5.54 Å². The van der Waals surface area contributed by atoms with Crippen LogP contribution in [-0.4, -0.2) is 18.6 Å². The zero-order valence-corrected chi connectivity index (χ0v) is 8.19. The van der Waals surface area contributed by atoms with Crippen LogP contribution in [0, 0.1) is 17.8 Å². The summed E-state index contributed by atoms with van der Waals surface area (Å²) in [5.41, 5.74) is 6.26. The Hall–Kier alpha value is -0.860. The predicted octanol–water partition coefficient (Wildman–Crippen LogP) is 0.831. The molecule has 1 heterocycles. The Kier molecular flexibility index (Phi) is 1.70. The Bertz CT molecular complexity index is 329. The van der Waals surface area contributed by atoms with Crippen molar-refractivity contribution in [1.82, 2.24) is 5.32 Å². The molecule has 1 saturated heterocycles. The number of hydrogen-bond acceptors (Lipinski definition) is 2. The quantitative estimate of drug-likeness (QED) is 0.553. The van der Waals surface area contributed by atoms with Gasteiger partial charge in [-0.25, -0.2) is 0 Å². The lowest BCUT2D eigenvalue weighted by Crippen LogP contribution is -2.51. The Balaban J connectivity index is 2.00. The maximum absolute atomic E-state index is 6.36. The summed E-state index contributed by atoms with van der Waals surface area (Å²) in [5.74, 6) is 1.74. The molecule has 14 heavy (non-hydrogen) atoms. The van der Waals surface area contributed by atoms with Crippen LogP contribution in [0.4, 0.5) is 0 Å². The molecule has 0 amide bonds. The Labute approximate surface area is 84.6 Å². The van der Waals surface area contributed by atoms with E-state index in [1.165, 1.54) is 0 Å². The molecule has 74 valence electrons. The minimum Gasteiger partial charge on any atom is -0.321 e. The second kappa shape index (κ2) is 2.81. The maximum Gasteiger partial charge on any atom is 0.0512 e. The van der Waals surface area contributed by atoms with E-state index in [4.69, 9.17) is 5.73 Å². The molecule has 1 fully saturated rings. The number of rotatable bonds is 0. The van der Waals surface area contributed by atoms with Crippen molar-refractivity contribution in [2.24, 2.45) is 23.5 Å². The van der Waals surface area contributed by atoms with E-state index in [2.05, 4.69) is 41.8 Å². The van der Waals surface area contributed by atoms with Crippen LogP contribution in [0.25, 0.3) is 0 Å². The number of hydrogen-bond donors (Lipinski definition) is 2. The predicted molar refractivity (Wildman–Crippen MR) is 57.7 cm³/mol. The first kappa shape index (κ1) is 8.45. The highest BCUT2D eigenvalue weighted by Crippen LogP contribution is 2.40. The summed E-state index contributed by atoms with van der Waals surface area (Å²) >= 11 is 0. The van der Waals surface area contributed by atoms with Gasteiger partial charge in [0.05, 0.1) is 5.54 Å². The molecule has 3 aliphatic rings. The molecule has 0 radical (unpaired) electrons. The third-order valence-electron chi connectivity index (χ3n) is 3.80. The van der Waals surface area contributed by atoms with Gasteiger partial charge in [-0.2, -0.15) is 0 Å². The second-order valence-electron chi connectivity index (χ2n) is 4.63. The summed E-state index contributed by atoms with van der Waals surface area (Å²) in [4.78, 5) is 0. The van der Waals surface area contributed by atoms with Gasteiger partial charge in [-0.05, 0) is 5.92 Å². The molecule has 0 saturated carbocycles. The van der Waals surface area contributed by atoms with E-state index in [1.54, 1.807) is 0 Å². The Morgan fingerprint density at radius 2 is 2.07 bits per heavy atom. The van der Waals surface area contributed by atoms with Gasteiger partial charge in [0.15, 0.2) is 0 Å². The van der Waals surface area contributed by atoms with Gasteiger partial charge in [-0.1, -0.05) is 36.5 Å². The first-order valence-corrected chi connectivity index (χ1v) is 5.33. The van der Waals surface area contributed by atoms with Gasteiger partial charge in [-0.15, -0.1) is 0 Å². The molecular formula is C12H16N2. The van der Waals surface area contributed by atoms with Gasteiger partial charge in [0, 0.05) is 24.9 Å². The molecule has 0 spiro atoms. The molecule has 0 aromatic carbocycles. The molecule has 0 aromatic rings. The number of nitrogens with two attached hydrogens (primary N) is 1. The molecule has 4 atom stereocenters. The summed E-state index contributed by atoms with van der Waals surface area (Å²) in [5, 5.41) is 3.40. The zero-order valence-electron chi connectivity index (χ0n) is 8.19. The van der Waals surface area contributed by atoms with Crippen LogP contribution in [0.1, 0.15) is 0 Å². The first-order valence-electron chi connectivity index (χ1n) is 5.33. The highest BCUT2D eigenvalue weighted by atomic mass is 15.0. The SMILES string of the molecule is NC12C=CC3C=CC=CC3C1CNC2. The van der Waals surface area contributed by atoms with Crippen molar-refractivity contribution < 1.29 is 0 Å². The van der Waals surface area contributed by atoms with E-state index in [0.717, 1.165) is 13.1 Å². The minimum atomic E-state index is -0.101. The molecule has 2 aliphatic carbocycles. The standard InChI is InChI=1S/C12H16N2/c13-12-6-5-9-3-1-2-4-10(9)11(12)7-14-8-12/h1-6,9-11,14H,7-8,13H2. The minimum absolute atomic E-state index is 0.101. The average Bonchev–Trinajstić information content (AvgIpc) is 2.60. The van der Waals surface area contributed by atoms with Crippen molar-refractivity contribution in [2.45, 2.75) is 5.54 Å². The highest BCUT2D eigenvalue weighted by molar-refractivity contribution is 5.29. The van der Waals surface area contributed by atoms with Crippen LogP contribution < -0.4 is 11.1 Å². The molecule has 3 N–H and O–H groups in total. The molecule has 3 rings (SSSR count). The lowest BCUT2D eigenvalue weighted by Gasteiger charge is -2.40. The van der Waals surface area contributed by atoms with Crippen molar-refractivity contribution in [3.05, 3.63) is 36.5 Å². The zero-order chi connectivity index (χ0) is 9.60. The molecule has 1 aliphatic heterocycles. The number of fused-ring (bicyclic) bond motifs is 3. The van der Waals surface area contributed by atoms with Gasteiger partial charge in [-0.3, -0.25) is 0 Å². The van der Waals surface area contributed by atoms with E-state index in [1.807, 2.05) is 0 Å². The van der Waals surface area contributed by atoms with E-state index < -0.39 is 0 Å². The van der Waals surface area contributed by atoms with Crippen LogP contribution in [0.15, 0.2) is 36.5 Å². The molecule has 4 unspecified atom stereocenters. The van der Waals surface area contributed by atoms with E-state index >= 15 is 0 Å². The van der Waals surface area contributed by atoms with Crippen molar-refractivity contribution in [3.8, 4) is 0 Å². The molecule has 2 nitrogen and oxygen atoms in total. The van der Waals surface area contributed by atoms with Crippen molar-refractivity contribution >= 4 is 0 Å². The Morgan fingerprint density at radius 1 is 1.21 bits per heavy atom. The van der Waals surface area contributed by atoms with Gasteiger partial charge in [0.2, 0.25) is 0 Å². The summed E-state index contributed by atoms with van der Waals surface area (Å²) < 4.78 is 0. The maximum atomic E-state index is 6.36. The summed E-state index contributed by atoms with van der Waals surface area (Å²) in [7, 11) is 0. The van der Waals surface area contributed by atoms with Gasteiger partial charge >= 0.3 is 0 Å². The highest BCUT2D eigenvalue weighted by Gasteiger charge is 2.45. The lowest BCUT2D eigenvalue weighted by atomic mass is 9.67. The Morgan fingerprint density at radius 3 is 3.00 bits per heavy atom. The van der Waals surface area contributed by atoms with Gasteiger partial charge < -0.3 is 11.1 Å². The molecule has 0 bridgehead atoms. The molecule has 2 heteroatoms. The average molecular weight is 188 g/mol. The summed E-state index contributed by atoms with van der Waals surface area (Å²) in [6, 6.07) is 0. The largest absolute Gasteiger partial charge is 0.321 e. The molecule has 0 aromatic heterocycles. The number of nitrogens with one attached hydrogen (secondary N) is 1. The van der Waals surface area contributed by atoms with Crippen LogP contribution in [0.2, 0.25) is 0 Å². The summed E-state index contributed by atoms with van der Waals surface area (Å²) in [6.07, 6.45) is 13.4. The second-order valence-corrected chi connectivity index (χ2v) is 4.63. The van der Waals surface area contributed by atoms with Crippen LogP contribution in [-0.2, 0) is 0 Å². The van der Waals surface area contributed by atoms with Crippen LogP contribution >= 0.6 is 0 Å². The summed E-state index contributed by atoms with van der Waals surface area (Å²) in [6.45, 7) is 1.98. The van der Waals surface area contributed by atoms with Crippen molar-refractivity contribution in [2.75, 3.05) is 13.1 Å². The van der Waals surface area contributed by atoms with E-state index in [0.29, 0.717) is 17.8 Å². The smallest absolute Gasteiger partial charge is 0.0512 e. The van der Waals surface area contributed by atoms with E-state index in [9.17, 15) is 0 Å². The van der Waals surface area contributed by atoms with Gasteiger partial charge in [0.25, 0.3) is 0 Å². The van der Waals surface area contributed by atoms with Crippen LogP contribution in [0.5, 0.6) is 0 Å². The normalized spacial score (nSPS) is 49.1. The topological polar surface area (TPSA) is 38.0 Å². The fourth-order valence-electron chi connectivity index (χ4n) is 2.97. The fraction of sp³-hybridized carbons (Fsp3) is 0.500. The van der Waals surface area contributed by atoms with Gasteiger partial charge in [0.1, 0.15) is 0 Å². The third kappa shape index (κ3) is 1.04. The van der Waals surface area contributed by atoms with Crippen LogP contribution in [0.3, 0.4) is 0 Å². The third-order valence-corrected chi connectivity index (χ3v) is 3.80.